The van der Waals surface area contributed by atoms with Gasteiger partial charge in [-0.25, -0.2) is 30.7 Å². The van der Waals surface area contributed by atoms with Crippen molar-refractivity contribution >= 4 is 21.5 Å². The van der Waals surface area contributed by atoms with Crippen molar-refractivity contribution in [3.63, 3.8) is 0 Å². The first-order valence-corrected chi connectivity index (χ1v) is 10.4. The molecular weight excluding hydrogens is 514 g/mol. The van der Waals surface area contributed by atoms with Gasteiger partial charge >= 0.3 is 6.18 Å². The van der Waals surface area contributed by atoms with Crippen molar-refractivity contribution in [2.24, 2.45) is 0 Å². The quantitative estimate of drug-likeness (QED) is 0.123. The smallest absolute Gasteiger partial charge is 0.207 e. The van der Waals surface area contributed by atoms with Crippen LogP contribution in [0.15, 0.2) is 60.7 Å². The number of halogens is 10. The van der Waals surface area contributed by atoms with E-state index in [0.29, 0.717) is 17.7 Å². The van der Waals surface area contributed by atoms with Crippen molar-refractivity contribution in [3.05, 3.63) is 107 Å². The van der Waals surface area contributed by atoms with Gasteiger partial charge in [0.15, 0.2) is 34.9 Å². The minimum absolute atomic E-state index is 0.0846. The standard InChI is InChI=1S/C27H10F10/c28-12-6-7-13-14(8-12)19(11-4-2-1-3-5-11)15-9-17(29)18(30)10-16(15)20(13)21-23(31)25(33)22(27(35,36)37)26(34)24(21)32/h1-10H. The van der Waals surface area contributed by atoms with Crippen LogP contribution in [0.1, 0.15) is 5.56 Å². The van der Waals surface area contributed by atoms with Gasteiger partial charge in [0.05, 0.1) is 5.56 Å². The zero-order chi connectivity index (χ0) is 26.8. The minimum atomic E-state index is -5.78. The maximum Gasteiger partial charge on any atom is 0.422 e. The minimum Gasteiger partial charge on any atom is -0.207 e. The molecule has 0 aromatic heterocycles. The van der Waals surface area contributed by atoms with E-state index in [1.165, 1.54) is 12.1 Å². The molecule has 5 aromatic carbocycles. The molecule has 0 saturated heterocycles. The number of hydrogen-bond acceptors (Lipinski definition) is 0. The maximum atomic E-state index is 15.1. The Bertz CT molecular complexity index is 1690. The van der Waals surface area contributed by atoms with Gasteiger partial charge in [-0.15, -0.1) is 0 Å². The largest absolute Gasteiger partial charge is 0.422 e. The topological polar surface area (TPSA) is 0 Å². The van der Waals surface area contributed by atoms with Gasteiger partial charge < -0.3 is 0 Å². The second kappa shape index (κ2) is 8.50. The fourth-order valence-electron chi connectivity index (χ4n) is 4.48. The van der Waals surface area contributed by atoms with Crippen LogP contribution in [-0.4, -0.2) is 0 Å². The fourth-order valence-corrected chi connectivity index (χ4v) is 4.48. The molecule has 5 aromatic rings. The summed E-state index contributed by atoms with van der Waals surface area (Å²) in [6.45, 7) is 0. The van der Waals surface area contributed by atoms with Crippen LogP contribution in [0.4, 0.5) is 43.9 Å². The lowest BCUT2D eigenvalue weighted by Crippen LogP contribution is -2.16. The highest BCUT2D eigenvalue weighted by Gasteiger charge is 2.43. The molecule has 0 N–H and O–H groups in total. The number of hydrogen-bond donors (Lipinski definition) is 0. The van der Waals surface area contributed by atoms with Crippen LogP contribution in [0.2, 0.25) is 0 Å². The van der Waals surface area contributed by atoms with Crippen molar-refractivity contribution in [2.75, 3.05) is 0 Å². The van der Waals surface area contributed by atoms with Gasteiger partial charge in [0.2, 0.25) is 0 Å². The van der Waals surface area contributed by atoms with Crippen molar-refractivity contribution in [1.82, 2.24) is 0 Å². The van der Waals surface area contributed by atoms with E-state index in [1.807, 2.05) is 0 Å². The van der Waals surface area contributed by atoms with Gasteiger partial charge in [0, 0.05) is 5.56 Å². The summed E-state index contributed by atoms with van der Waals surface area (Å²) in [5.74, 6) is -14.0. The zero-order valence-corrected chi connectivity index (χ0v) is 18.1. The second-order valence-electron chi connectivity index (χ2n) is 8.12. The molecule has 0 radical (unpaired) electrons. The summed E-state index contributed by atoms with van der Waals surface area (Å²) in [5, 5.41) is -1.12. The van der Waals surface area contributed by atoms with Crippen LogP contribution < -0.4 is 0 Å². The summed E-state index contributed by atoms with van der Waals surface area (Å²) in [4.78, 5) is 0. The first kappa shape index (κ1) is 24.6. The Morgan fingerprint density at radius 1 is 0.459 bits per heavy atom. The molecule has 0 fully saturated rings. The van der Waals surface area contributed by atoms with E-state index >= 15 is 8.78 Å². The Kier molecular flexibility index (Phi) is 5.65. The van der Waals surface area contributed by atoms with Crippen LogP contribution in [0, 0.1) is 40.7 Å². The van der Waals surface area contributed by atoms with E-state index in [1.54, 1.807) is 18.2 Å². The van der Waals surface area contributed by atoms with E-state index in [2.05, 4.69) is 0 Å². The summed E-state index contributed by atoms with van der Waals surface area (Å²) in [5.41, 5.74) is -4.74. The molecule has 0 amide bonds. The van der Waals surface area contributed by atoms with Gasteiger partial charge in [-0.2, -0.15) is 13.2 Å². The monoisotopic (exact) mass is 524 g/mol. The summed E-state index contributed by atoms with van der Waals surface area (Å²) < 4.78 is 142. The maximum absolute atomic E-state index is 15.1. The van der Waals surface area contributed by atoms with E-state index < -0.39 is 69.0 Å². The van der Waals surface area contributed by atoms with Gasteiger partial charge in [-0.05, 0) is 56.9 Å². The van der Waals surface area contributed by atoms with Crippen molar-refractivity contribution in [1.29, 1.82) is 0 Å². The lowest BCUT2D eigenvalue weighted by Gasteiger charge is -2.20. The van der Waals surface area contributed by atoms with Crippen LogP contribution >= 0.6 is 0 Å². The number of alkyl halides is 3. The molecule has 0 spiro atoms. The predicted molar refractivity (Wildman–Crippen MR) is 117 cm³/mol. The molecule has 0 unspecified atom stereocenters. The molecule has 37 heavy (non-hydrogen) atoms. The molecule has 0 bridgehead atoms. The number of rotatable bonds is 2. The molecule has 10 heteroatoms. The lowest BCUT2D eigenvalue weighted by molar-refractivity contribution is -0.143. The van der Waals surface area contributed by atoms with Crippen LogP contribution in [0.3, 0.4) is 0 Å². The van der Waals surface area contributed by atoms with E-state index in [0.717, 1.165) is 18.2 Å². The van der Waals surface area contributed by atoms with Gasteiger partial charge in [-0.1, -0.05) is 36.4 Å². The first-order valence-electron chi connectivity index (χ1n) is 10.4. The fraction of sp³-hybridized carbons (Fsp3) is 0.0370. The number of benzene rings is 5. The molecule has 5 rings (SSSR count). The third-order valence-corrected chi connectivity index (χ3v) is 5.98. The van der Waals surface area contributed by atoms with Crippen LogP contribution in [0.25, 0.3) is 43.8 Å². The zero-order valence-electron chi connectivity index (χ0n) is 18.1. The molecule has 188 valence electrons. The molecule has 0 aliphatic carbocycles. The highest BCUT2D eigenvalue weighted by atomic mass is 19.4. The van der Waals surface area contributed by atoms with Crippen LogP contribution in [0.5, 0.6) is 0 Å². The van der Waals surface area contributed by atoms with Crippen molar-refractivity contribution in [2.45, 2.75) is 6.18 Å². The summed E-state index contributed by atoms with van der Waals surface area (Å²) >= 11 is 0. The summed E-state index contributed by atoms with van der Waals surface area (Å²) in [6.07, 6.45) is -5.78. The molecule has 0 atom stereocenters. The third-order valence-electron chi connectivity index (χ3n) is 5.98. The van der Waals surface area contributed by atoms with Gasteiger partial charge in [0.25, 0.3) is 0 Å². The second-order valence-corrected chi connectivity index (χ2v) is 8.12. The Hall–Kier alpha value is -4.08. The van der Waals surface area contributed by atoms with Gasteiger partial charge in [-0.3, -0.25) is 0 Å². The predicted octanol–water partition coefficient (Wildman–Crippen LogP) is 9.32. The highest BCUT2D eigenvalue weighted by molar-refractivity contribution is 6.21. The Labute approximate surface area is 201 Å². The van der Waals surface area contributed by atoms with Crippen molar-refractivity contribution < 1.29 is 43.9 Å². The normalized spacial score (nSPS) is 12.1. The molecule has 0 nitrogen and oxygen atoms in total. The van der Waals surface area contributed by atoms with E-state index in [9.17, 15) is 35.1 Å². The third kappa shape index (κ3) is 3.78. The highest BCUT2D eigenvalue weighted by Crippen LogP contribution is 2.47. The summed E-state index contributed by atoms with van der Waals surface area (Å²) in [7, 11) is 0. The molecule has 0 saturated carbocycles. The average Bonchev–Trinajstić information content (AvgIpc) is 2.83. The number of fused-ring (bicyclic) bond motifs is 2. The molecule has 0 heterocycles. The van der Waals surface area contributed by atoms with Crippen LogP contribution in [-0.2, 0) is 6.18 Å². The average molecular weight is 524 g/mol. The molecule has 0 aliphatic heterocycles. The van der Waals surface area contributed by atoms with Gasteiger partial charge in [0.1, 0.15) is 11.4 Å². The summed E-state index contributed by atoms with van der Waals surface area (Å²) in [6, 6.07) is 11.7. The van der Waals surface area contributed by atoms with E-state index in [4.69, 9.17) is 0 Å². The Morgan fingerprint density at radius 3 is 1.51 bits per heavy atom. The van der Waals surface area contributed by atoms with E-state index in [-0.39, 0.29) is 21.7 Å². The molecular formula is C27H10F10. The Morgan fingerprint density at radius 2 is 0.973 bits per heavy atom. The van der Waals surface area contributed by atoms with Crippen molar-refractivity contribution in [3.8, 4) is 22.3 Å². The lowest BCUT2D eigenvalue weighted by atomic mass is 9.85. The SMILES string of the molecule is Fc1ccc2c(-c3c(F)c(F)c(C(F)(F)F)c(F)c3F)c3cc(F)c(F)cc3c(-c3ccccc3)c2c1. The first-order chi connectivity index (χ1) is 17.4. The molecule has 0 aliphatic rings. The Balaban J connectivity index is 2.07.